The van der Waals surface area contributed by atoms with E-state index in [1.807, 2.05) is 0 Å². The zero-order valence-corrected chi connectivity index (χ0v) is 9.87. The quantitative estimate of drug-likeness (QED) is 0.809. The van der Waals surface area contributed by atoms with Crippen LogP contribution in [-0.2, 0) is 11.2 Å². The van der Waals surface area contributed by atoms with Crippen LogP contribution < -0.4 is 0 Å². The SMILES string of the molecule is O=C(CS)CCc1cc(Cl)ccc1Cl. The molecule has 1 nitrogen and oxygen atoms in total. The number of rotatable bonds is 4. The smallest absolute Gasteiger partial charge is 0.142 e. The van der Waals surface area contributed by atoms with Crippen LogP contribution in [-0.4, -0.2) is 11.5 Å². The van der Waals surface area contributed by atoms with E-state index in [-0.39, 0.29) is 11.5 Å². The number of halogens is 2. The summed E-state index contributed by atoms with van der Waals surface area (Å²) in [6.07, 6.45) is 1.09. The van der Waals surface area contributed by atoms with Crippen molar-refractivity contribution in [1.82, 2.24) is 0 Å². The second kappa shape index (κ2) is 5.64. The first-order chi connectivity index (χ1) is 6.63. The van der Waals surface area contributed by atoms with Crippen molar-refractivity contribution in [3.05, 3.63) is 33.8 Å². The molecule has 0 aromatic heterocycles. The standard InChI is InChI=1S/C10H10Cl2OS/c11-8-2-4-10(12)7(5-8)1-3-9(13)6-14/h2,4-5,14H,1,3,6H2. The first-order valence-corrected chi connectivity index (χ1v) is 5.59. The van der Waals surface area contributed by atoms with Gasteiger partial charge in [-0.05, 0) is 30.2 Å². The number of carbonyl (C=O) groups is 1. The lowest BCUT2D eigenvalue weighted by Gasteiger charge is -2.03. The van der Waals surface area contributed by atoms with Crippen LogP contribution in [0.5, 0.6) is 0 Å². The van der Waals surface area contributed by atoms with Crippen molar-refractivity contribution in [1.29, 1.82) is 0 Å². The van der Waals surface area contributed by atoms with Gasteiger partial charge in [0.25, 0.3) is 0 Å². The van der Waals surface area contributed by atoms with E-state index >= 15 is 0 Å². The average molecular weight is 249 g/mol. The molecule has 0 saturated heterocycles. The Balaban J connectivity index is 2.66. The molecular weight excluding hydrogens is 239 g/mol. The van der Waals surface area contributed by atoms with Crippen molar-refractivity contribution >= 4 is 41.6 Å². The number of ketones is 1. The van der Waals surface area contributed by atoms with Crippen molar-refractivity contribution in [3.63, 3.8) is 0 Å². The van der Waals surface area contributed by atoms with Gasteiger partial charge in [-0.2, -0.15) is 12.6 Å². The molecule has 14 heavy (non-hydrogen) atoms. The van der Waals surface area contributed by atoms with Gasteiger partial charge in [0.05, 0.1) is 0 Å². The summed E-state index contributed by atoms with van der Waals surface area (Å²) in [4.78, 5) is 11.0. The van der Waals surface area contributed by atoms with Gasteiger partial charge < -0.3 is 0 Å². The van der Waals surface area contributed by atoms with E-state index in [1.165, 1.54) is 0 Å². The third-order valence-corrected chi connectivity index (χ3v) is 2.81. The van der Waals surface area contributed by atoms with Crippen LogP contribution >= 0.6 is 35.8 Å². The molecular formula is C10H10Cl2OS. The zero-order valence-electron chi connectivity index (χ0n) is 7.46. The van der Waals surface area contributed by atoms with Crippen LogP contribution in [0.25, 0.3) is 0 Å². The summed E-state index contributed by atoms with van der Waals surface area (Å²) in [6.45, 7) is 0. The summed E-state index contributed by atoms with van der Waals surface area (Å²) >= 11 is 15.6. The molecule has 0 amide bonds. The molecule has 0 fully saturated rings. The molecule has 0 unspecified atom stereocenters. The normalized spacial score (nSPS) is 10.2. The molecule has 0 N–H and O–H groups in total. The Morgan fingerprint density at radius 1 is 1.36 bits per heavy atom. The second-order valence-corrected chi connectivity index (χ2v) is 4.09. The van der Waals surface area contributed by atoms with Crippen molar-refractivity contribution in [3.8, 4) is 0 Å². The van der Waals surface area contributed by atoms with E-state index in [1.54, 1.807) is 18.2 Å². The van der Waals surface area contributed by atoms with Crippen LogP contribution in [0.15, 0.2) is 18.2 Å². The molecule has 0 aliphatic carbocycles. The van der Waals surface area contributed by atoms with Gasteiger partial charge in [-0.3, -0.25) is 4.79 Å². The van der Waals surface area contributed by atoms with Crippen LogP contribution in [0.3, 0.4) is 0 Å². The topological polar surface area (TPSA) is 17.1 Å². The summed E-state index contributed by atoms with van der Waals surface area (Å²) in [5.74, 6) is 0.391. The molecule has 0 bridgehead atoms. The Bertz CT molecular complexity index is 339. The predicted molar refractivity (Wildman–Crippen MR) is 63.6 cm³/mol. The van der Waals surface area contributed by atoms with Gasteiger partial charge in [-0.15, -0.1) is 0 Å². The molecule has 1 aromatic rings. The number of benzene rings is 1. The van der Waals surface area contributed by atoms with Crippen LogP contribution in [0.1, 0.15) is 12.0 Å². The Hall–Kier alpha value is -0.180. The van der Waals surface area contributed by atoms with E-state index in [2.05, 4.69) is 12.6 Å². The average Bonchev–Trinajstić information content (AvgIpc) is 2.19. The molecule has 0 aliphatic rings. The third kappa shape index (κ3) is 3.52. The molecule has 0 atom stereocenters. The Morgan fingerprint density at radius 3 is 2.71 bits per heavy atom. The van der Waals surface area contributed by atoms with Crippen LogP contribution in [0.2, 0.25) is 10.0 Å². The molecule has 1 rings (SSSR count). The minimum Gasteiger partial charge on any atom is -0.299 e. The fourth-order valence-electron chi connectivity index (χ4n) is 1.09. The highest BCUT2D eigenvalue weighted by Gasteiger charge is 2.04. The molecule has 0 spiro atoms. The highest BCUT2D eigenvalue weighted by Crippen LogP contribution is 2.21. The first kappa shape index (κ1) is 11.9. The van der Waals surface area contributed by atoms with Crippen molar-refractivity contribution in [2.24, 2.45) is 0 Å². The molecule has 0 radical (unpaired) electrons. The largest absolute Gasteiger partial charge is 0.299 e. The first-order valence-electron chi connectivity index (χ1n) is 4.20. The number of aryl methyl sites for hydroxylation is 1. The lowest BCUT2D eigenvalue weighted by molar-refractivity contribution is -0.116. The fraction of sp³-hybridized carbons (Fsp3) is 0.300. The van der Waals surface area contributed by atoms with Crippen LogP contribution in [0, 0.1) is 0 Å². The highest BCUT2D eigenvalue weighted by atomic mass is 35.5. The van der Waals surface area contributed by atoms with Crippen molar-refractivity contribution in [2.45, 2.75) is 12.8 Å². The summed E-state index contributed by atoms with van der Waals surface area (Å²) in [7, 11) is 0. The molecule has 0 heterocycles. The van der Waals surface area contributed by atoms with Gasteiger partial charge >= 0.3 is 0 Å². The Labute approximate surface area is 98.8 Å². The molecule has 76 valence electrons. The molecule has 1 aromatic carbocycles. The van der Waals surface area contributed by atoms with E-state index in [0.717, 1.165) is 5.56 Å². The van der Waals surface area contributed by atoms with Gasteiger partial charge in [0.15, 0.2) is 0 Å². The lowest BCUT2D eigenvalue weighted by atomic mass is 10.1. The molecule has 0 saturated carbocycles. The van der Waals surface area contributed by atoms with E-state index in [0.29, 0.717) is 22.9 Å². The van der Waals surface area contributed by atoms with E-state index in [9.17, 15) is 4.79 Å². The van der Waals surface area contributed by atoms with Crippen molar-refractivity contribution < 1.29 is 4.79 Å². The number of Topliss-reactive ketones (excluding diaryl/α,β-unsaturated/α-hetero) is 1. The van der Waals surface area contributed by atoms with Crippen LogP contribution in [0.4, 0.5) is 0 Å². The molecule has 4 heteroatoms. The zero-order chi connectivity index (χ0) is 10.6. The Kier molecular flexibility index (Phi) is 4.79. The number of thiol groups is 1. The summed E-state index contributed by atoms with van der Waals surface area (Å²) in [5.41, 5.74) is 0.911. The lowest BCUT2D eigenvalue weighted by Crippen LogP contribution is -2.01. The van der Waals surface area contributed by atoms with Gasteiger partial charge in [-0.25, -0.2) is 0 Å². The van der Waals surface area contributed by atoms with Gasteiger partial charge in [-0.1, -0.05) is 23.2 Å². The monoisotopic (exact) mass is 248 g/mol. The number of hydrogen-bond donors (Lipinski definition) is 1. The molecule has 0 aliphatic heterocycles. The maximum Gasteiger partial charge on any atom is 0.142 e. The predicted octanol–water partition coefficient (Wildman–Crippen LogP) is 3.42. The highest BCUT2D eigenvalue weighted by molar-refractivity contribution is 7.81. The summed E-state index contributed by atoms with van der Waals surface area (Å²) < 4.78 is 0. The minimum atomic E-state index is 0.115. The Morgan fingerprint density at radius 2 is 2.07 bits per heavy atom. The number of hydrogen-bond acceptors (Lipinski definition) is 2. The number of carbonyl (C=O) groups excluding carboxylic acids is 1. The summed E-state index contributed by atoms with van der Waals surface area (Å²) in [5, 5.41) is 1.30. The van der Waals surface area contributed by atoms with Crippen molar-refractivity contribution in [2.75, 3.05) is 5.75 Å². The van der Waals surface area contributed by atoms with Gasteiger partial charge in [0.1, 0.15) is 5.78 Å². The maximum atomic E-state index is 11.0. The minimum absolute atomic E-state index is 0.115. The van der Waals surface area contributed by atoms with Gasteiger partial charge in [0, 0.05) is 22.2 Å². The maximum absolute atomic E-state index is 11.0. The summed E-state index contributed by atoms with van der Waals surface area (Å²) in [6, 6.07) is 5.26. The van der Waals surface area contributed by atoms with E-state index in [4.69, 9.17) is 23.2 Å². The van der Waals surface area contributed by atoms with E-state index < -0.39 is 0 Å². The van der Waals surface area contributed by atoms with Gasteiger partial charge in [0.2, 0.25) is 0 Å². The second-order valence-electron chi connectivity index (χ2n) is 2.93. The third-order valence-electron chi connectivity index (χ3n) is 1.86. The fourth-order valence-corrected chi connectivity index (χ4v) is 1.65.